The Hall–Kier alpha value is -2.10. The van der Waals surface area contributed by atoms with Crippen LogP contribution < -0.4 is 27.2 Å². The van der Waals surface area contributed by atoms with Crippen molar-refractivity contribution in [3.05, 3.63) is 69.7 Å². The summed E-state index contributed by atoms with van der Waals surface area (Å²) in [6.45, 7) is 0.233. The molecular weight excluding hydrogens is 340 g/mol. The second kappa shape index (κ2) is 7.20. The molecular formula is C15H14ClF2N5O. The number of carbonyl (C=O) groups is 1. The molecule has 0 spiro atoms. The fourth-order valence-electron chi connectivity index (χ4n) is 2.22. The SMILES string of the molecule is O=C(NCc1ccc(C2NNNN2)cc1)c1cc(F)c(F)cc1Cl. The molecule has 0 radical (unpaired) electrons. The molecule has 1 aliphatic rings. The lowest BCUT2D eigenvalue weighted by Crippen LogP contribution is -2.33. The number of hydrogen-bond acceptors (Lipinski definition) is 5. The molecule has 0 aliphatic carbocycles. The molecule has 5 N–H and O–H groups in total. The lowest BCUT2D eigenvalue weighted by atomic mass is 10.1. The fourth-order valence-corrected chi connectivity index (χ4v) is 2.46. The average Bonchev–Trinajstić information content (AvgIpc) is 3.11. The minimum absolute atomic E-state index is 0.0744. The Morgan fingerprint density at radius 2 is 1.71 bits per heavy atom. The van der Waals surface area contributed by atoms with Crippen LogP contribution in [0.5, 0.6) is 0 Å². The molecule has 0 bridgehead atoms. The number of nitrogens with one attached hydrogen (secondary N) is 5. The summed E-state index contributed by atoms with van der Waals surface area (Å²) in [4.78, 5) is 12.1. The van der Waals surface area contributed by atoms with Crippen molar-refractivity contribution in [3.8, 4) is 0 Å². The molecule has 3 rings (SSSR count). The zero-order valence-corrected chi connectivity index (χ0v) is 13.0. The highest BCUT2D eigenvalue weighted by Gasteiger charge is 2.16. The second-order valence-electron chi connectivity index (χ2n) is 5.14. The van der Waals surface area contributed by atoms with Crippen LogP contribution in [0.1, 0.15) is 27.7 Å². The maximum Gasteiger partial charge on any atom is 0.253 e. The smallest absolute Gasteiger partial charge is 0.253 e. The van der Waals surface area contributed by atoms with Crippen molar-refractivity contribution in [1.82, 2.24) is 27.2 Å². The van der Waals surface area contributed by atoms with E-state index in [9.17, 15) is 13.6 Å². The van der Waals surface area contributed by atoms with Crippen LogP contribution in [0.3, 0.4) is 0 Å². The molecule has 0 saturated carbocycles. The molecule has 6 nitrogen and oxygen atoms in total. The van der Waals surface area contributed by atoms with Gasteiger partial charge in [0.2, 0.25) is 0 Å². The quantitative estimate of drug-likeness (QED) is 0.541. The van der Waals surface area contributed by atoms with Gasteiger partial charge in [-0.15, -0.1) is 0 Å². The third-order valence-electron chi connectivity index (χ3n) is 3.52. The number of benzene rings is 2. The van der Waals surface area contributed by atoms with Crippen molar-refractivity contribution >= 4 is 17.5 Å². The summed E-state index contributed by atoms with van der Waals surface area (Å²) >= 11 is 5.78. The van der Waals surface area contributed by atoms with E-state index in [1.165, 1.54) is 0 Å². The van der Waals surface area contributed by atoms with Crippen LogP contribution in [-0.2, 0) is 6.54 Å². The Labute approximate surface area is 141 Å². The molecule has 0 aromatic heterocycles. The minimum Gasteiger partial charge on any atom is -0.348 e. The van der Waals surface area contributed by atoms with Gasteiger partial charge in [0.05, 0.1) is 10.6 Å². The van der Waals surface area contributed by atoms with Gasteiger partial charge in [0.1, 0.15) is 6.17 Å². The predicted octanol–water partition coefficient (Wildman–Crippen LogP) is 1.66. The molecule has 9 heteroatoms. The first-order valence-corrected chi connectivity index (χ1v) is 7.45. The highest BCUT2D eigenvalue weighted by Crippen LogP contribution is 2.20. The first kappa shape index (κ1) is 16.7. The summed E-state index contributed by atoms with van der Waals surface area (Å²) < 4.78 is 26.3. The molecule has 1 saturated heterocycles. The Balaban J connectivity index is 1.63. The summed E-state index contributed by atoms with van der Waals surface area (Å²) in [5.74, 6) is -2.78. The molecule has 2 aromatic carbocycles. The first-order chi connectivity index (χ1) is 11.5. The van der Waals surface area contributed by atoms with E-state index in [0.29, 0.717) is 0 Å². The number of rotatable bonds is 4. The maximum atomic E-state index is 13.2. The van der Waals surface area contributed by atoms with E-state index in [-0.39, 0.29) is 23.3 Å². The predicted molar refractivity (Wildman–Crippen MR) is 84.3 cm³/mol. The van der Waals surface area contributed by atoms with Crippen LogP contribution in [0, 0.1) is 11.6 Å². The van der Waals surface area contributed by atoms with E-state index in [1.54, 1.807) is 0 Å². The van der Waals surface area contributed by atoms with Crippen LogP contribution in [0.15, 0.2) is 36.4 Å². The summed E-state index contributed by atoms with van der Waals surface area (Å²) in [5, 5.41) is 2.48. The van der Waals surface area contributed by atoms with Crippen LogP contribution in [0.4, 0.5) is 8.78 Å². The third kappa shape index (κ3) is 3.69. The Kier molecular flexibility index (Phi) is 5.03. The summed E-state index contributed by atoms with van der Waals surface area (Å²) in [7, 11) is 0. The van der Waals surface area contributed by atoms with E-state index in [2.05, 4.69) is 27.2 Å². The lowest BCUT2D eigenvalue weighted by molar-refractivity contribution is 0.0950. The monoisotopic (exact) mass is 353 g/mol. The molecule has 126 valence electrons. The van der Waals surface area contributed by atoms with Gasteiger partial charge in [-0.2, -0.15) is 11.1 Å². The maximum absolute atomic E-state index is 13.2. The molecule has 1 aliphatic heterocycles. The molecule has 1 amide bonds. The minimum atomic E-state index is -1.12. The van der Waals surface area contributed by atoms with Gasteiger partial charge in [0.15, 0.2) is 11.6 Å². The Morgan fingerprint density at radius 3 is 2.38 bits per heavy atom. The zero-order chi connectivity index (χ0) is 17.1. The topological polar surface area (TPSA) is 77.2 Å². The average molecular weight is 354 g/mol. The summed E-state index contributed by atoms with van der Waals surface area (Å²) in [5.41, 5.74) is 13.1. The number of amides is 1. The van der Waals surface area contributed by atoms with E-state index < -0.39 is 17.5 Å². The molecule has 2 aromatic rings. The first-order valence-electron chi connectivity index (χ1n) is 7.07. The Morgan fingerprint density at radius 1 is 1.08 bits per heavy atom. The third-order valence-corrected chi connectivity index (χ3v) is 3.83. The van der Waals surface area contributed by atoms with Gasteiger partial charge >= 0.3 is 0 Å². The number of hydrazine groups is 3. The molecule has 0 unspecified atom stereocenters. The fraction of sp³-hybridized carbons (Fsp3) is 0.133. The second-order valence-corrected chi connectivity index (χ2v) is 5.55. The number of carbonyl (C=O) groups excluding carboxylic acids is 1. The van der Waals surface area contributed by atoms with E-state index >= 15 is 0 Å². The van der Waals surface area contributed by atoms with Crippen molar-refractivity contribution in [2.75, 3.05) is 0 Å². The van der Waals surface area contributed by atoms with Gasteiger partial charge in [0, 0.05) is 6.54 Å². The Bertz CT molecular complexity index is 750. The molecule has 1 heterocycles. The van der Waals surface area contributed by atoms with Gasteiger partial charge < -0.3 is 5.32 Å². The highest BCUT2D eigenvalue weighted by molar-refractivity contribution is 6.33. The molecule has 1 fully saturated rings. The van der Waals surface area contributed by atoms with Gasteiger partial charge in [-0.05, 0) is 23.3 Å². The van der Waals surface area contributed by atoms with Gasteiger partial charge in [-0.1, -0.05) is 35.9 Å². The van der Waals surface area contributed by atoms with Crippen molar-refractivity contribution < 1.29 is 13.6 Å². The van der Waals surface area contributed by atoms with Gasteiger partial charge in [-0.25, -0.2) is 19.6 Å². The number of halogens is 3. The van der Waals surface area contributed by atoms with Crippen LogP contribution in [0.25, 0.3) is 0 Å². The van der Waals surface area contributed by atoms with E-state index in [1.807, 2.05) is 24.3 Å². The van der Waals surface area contributed by atoms with Crippen molar-refractivity contribution in [1.29, 1.82) is 0 Å². The normalized spacial score (nSPS) is 14.8. The largest absolute Gasteiger partial charge is 0.348 e. The van der Waals surface area contributed by atoms with E-state index in [0.717, 1.165) is 23.3 Å². The van der Waals surface area contributed by atoms with E-state index in [4.69, 9.17) is 11.6 Å². The lowest BCUT2D eigenvalue weighted by Gasteiger charge is -2.11. The zero-order valence-electron chi connectivity index (χ0n) is 12.3. The van der Waals surface area contributed by atoms with Crippen molar-refractivity contribution in [2.24, 2.45) is 0 Å². The van der Waals surface area contributed by atoms with Crippen molar-refractivity contribution in [3.63, 3.8) is 0 Å². The molecule has 24 heavy (non-hydrogen) atoms. The summed E-state index contributed by atoms with van der Waals surface area (Å²) in [6, 6.07) is 9.06. The number of hydrogen-bond donors (Lipinski definition) is 5. The van der Waals surface area contributed by atoms with Crippen LogP contribution >= 0.6 is 11.6 Å². The highest BCUT2D eigenvalue weighted by atomic mass is 35.5. The molecule has 0 atom stereocenters. The van der Waals surface area contributed by atoms with Crippen LogP contribution in [-0.4, -0.2) is 5.91 Å². The van der Waals surface area contributed by atoms with Gasteiger partial charge in [0.25, 0.3) is 5.91 Å². The van der Waals surface area contributed by atoms with Crippen molar-refractivity contribution in [2.45, 2.75) is 12.7 Å². The van der Waals surface area contributed by atoms with Gasteiger partial charge in [-0.3, -0.25) is 4.79 Å². The standard InChI is InChI=1S/C15H14ClF2N5O/c16-11-6-13(18)12(17)5-10(11)15(24)19-7-8-1-3-9(4-2-8)14-20-22-23-21-14/h1-6,14,20-23H,7H2,(H,19,24). The van der Waals surface area contributed by atoms with Crippen LogP contribution in [0.2, 0.25) is 5.02 Å². The summed E-state index contributed by atoms with van der Waals surface area (Å²) in [6.07, 6.45) is -0.0744.